The molecule has 0 unspecified atom stereocenters. The van der Waals surface area contributed by atoms with E-state index in [4.69, 9.17) is 9.40 Å². The molecule has 4 rings (SSSR count). The van der Waals surface area contributed by atoms with Crippen molar-refractivity contribution >= 4 is 28.5 Å². The van der Waals surface area contributed by atoms with E-state index < -0.39 is 0 Å². The van der Waals surface area contributed by atoms with Crippen LogP contribution in [0.3, 0.4) is 0 Å². The molecule has 0 spiro atoms. The Morgan fingerprint density at radius 3 is 2.66 bits per heavy atom. The highest BCUT2D eigenvalue weighted by molar-refractivity contribution is 6.08. The SMILES string of the molecule is Cc1cc(-c2cc(C(=O)NCC(=O)Nc3cccnc3)c3cnn(C(C)C)c3n2)c(C)o1. The average Bonchev–Trinajstić information content (AvgIpc) is 3.34. The number of amides is 2. The first-order valence-electron chi connectivity index (χ1n) is 10.3. The second-order valence-corrected chi connectivity index (χ2v) is 7.77. The van der Waals surface area contributed by atoms with Crippen LogP contribution in [0.2, 0.25) is 0 Å². The van der Waals surface area contributed by atoms with Crippen molar-refractivity contribution in [2.24, 2.45) is 0 Å². The van der Waals surface area contributed by atoms with Gasteiger partial charge in [-0.25, -0.2) is 9.67 Å². The zero-order valence-corrected chi connectivity index (χ0v) is 18.3. The smallest absolute Gasteiger partial charge is 0.252 e. The van der Waals surface area contributed by atoms with Crippen molar-refractivity contribution in [3.05, 3.63) is 59.9 Å². The van der Waals surface area contributed by atoms with E-state index in [0.717, 1.165) is 11.3 Å². The molecular formula is C23H24N6O3. The molecule has 0 radical (unpaired) electrons. The van der Waals surface area contributed by atoms with E-state index in [0.29, 0.717) is 33.7 Å². The van der Waals surface area contributed by atoms with E-state index in [1.165, 1.54) is 6.20 Å². The largest absolute Gasteiger partial charge is 0.466 e. The Bertz CT molecular complexity index is 1290. The summed E-state index contributed by atoms with van der Waals surface area (Å²) in [4.78, 5) is 34.0. The number of carbonyl (C=O) groups excluding carboxylic acids is 2. The highest BCUT2D eigenvalue weighted by atomic mass is 16.3. The summed E-state index contributed by atoms with van der Waals surface area (Å²) >= 11 is 0. The molecule has 4 aromatic rings. The summed E-state index contributed by atoms with van der Waals surface area (Å²) in [6, 6.07) is 7.10. The average molecular weight is 432 g/mol. The molecule has 2 amide bonds. The minimum absolute atomic E-state index is 0.0589. The molecule has 0 saturated heterocycles. The number of aryl methyl sites for hydroxylation is 2. The van der Waals surface area contributed by atoms with Crippen LogP contribution in [-0.2, 0) is 4.79 Å². The maximum absolute atomic E-state index is 13.1. The van der Waals surface area contributed by atoms with Gasteiger partial charge < -0.3 is 15.1 Å². The fourth-order valence-electron chi connectivity index (χ4n) is 3.50. The predicted octanol–water partition coefficient (Wildman–Crippen LogP) is 3.65. The minimum atomic E-state index is -0.388. The van der Waals surface area contributed by atoms with Gasteiger partial charge in [0.1, 0.15) is 11.5 Å². The molecule has 0 saturated carbocycles. The quantitative estimate of drug-likeness (QED) is 0.481. The minimum Gasteiger partial charge on any atom is -0.466 e. The Hall–Kier alpha value is -4.01. The molecule has 9 nitrogen and oxygen atoms in total. The lowest BCUT2D eigenvalue weighted by atomic mass is 10.1. The zero-order valence-electron chi connectivity index (χ0n) is 18.3. The van der Waals surface area contributed by atoms with E-state index in [1.54, 1.807) is 35.3 Å². The maximum Gasteiger partial charge on any atom is 0.252 e. The van der Waals surface area contributed by atoms with Gasteiger partial charge in [-0.1, -0.05) is 0 Å². The van der Waals surface area contributed by atoms with Crippen molar-refractivity contribution in [3.63, 3.8) is 0 Å². The Morgan fingerprint density at radius 2 is 2.00 bits per heavy atom. The van der Waals surface area contributed by atoms with Crippen LogP contribution in [0.5, 0.6) is 0 Å². The van der Waals surface area contributed by atoms with Gasteiger partial charge in [0, 0.05) is 17.8 Å². The zero-order chi connectivity index (χ0) is 22.8. The van der Waals surface area contributed by atoms with Gasteiger partial charge in [-0.3, -0.25) is 14.6 Å². The summed E-state index contributed by atoms with van der Waals surface area (Å²) in [5.74, 6) is 0.735. The van der Waals surface area contributed by atoms with Gasteiger partial charge >= 0.3 is 0 Å². The number of carbonyl (C=O) groups is 2. The summed E-state index contributed by atoms with van der Waals surface area (Å²) in [5, 5.41) is 10.4. The monoisotopic (exact) mass is 432 g/mol. The highest BCUT2D eigenvalue weighted by Crippen LogP contribution is 2.30. The first kappa shape index (κ1) is 21.2. The number of hydrogen-bond acceptors (Lipinski definition) is 6. The third kappa shape index (κ3) is 4.22. The molecule has 2 N–H and O–H groups in total. The van der Waals surface area contributed by atoms with Gasteiger partial charge in [0.15, 0.2) is 5.65 Å². The van der Waals surface area contributed by atoms with E-state index in [1.807, 2.05) is 33.8 Å². The molecule has 0 aliphatic heterocycles. The molecule has 32 heavy (non-hydrogen) atoms. The number of fused-ring (bicyclic) bond motifs is 1. The fourth-order valence-corrected chi connectivity index (χ4v) is 3.50. The van der Waals surface area contributed by atoms with Crippen LogP contribution in [0.15, 0.2) is 47.3 Å². The summed E-state index contributed by atoms with van der Waals surface area (Å²) in [5.41, 5.74) is 2.97. The van der Waals surface area contributed by atoms with Gasteiger partial charge in [0.2, 0.25) is 5.91 Å². The normalized spacial score (nSPS) is 11.2. The standard InChI is InChI=1S/C23H24N6O3/c1-13(2)29-22-19(11-26-29)18(9-20(28-22)17-8-14(3)32-15(17)4)23(31)25-12-21(30)27-16-6-5-7-24-10-16/h5-11,13H,12H2,1-4H3,(H,25,31)(H,27,30). The molecule has 0 aliphatic carbocycles. The fraction of sp³-hybridized carbons (Fsp3) is 0.261. The van der Waals surface area contributed by atoms with E-state index in [2.05, 4.69) is 20.7 Å². The van der Waals surface area contributed by atoms with Gasteiger partial charge in [-0.15, -0.1) is 0 Å². The molecule has 0 fully saturated rings. The first-order chi connectivity index (χ1) is 15.3. The molecule has 4 aromatic heterocycles. The van der Waals surface area contributed by atoms with Gasteiger partial charge in [0.25, 0.3) is 5.91 Å². The number of pyridine rings is 2. The third-order valence-corrected chi connectivity index (χ3v) is 4.97. The molecule has 9 heteroatoms. The second-order valence-electron chi connectivity index (χ2n) is 7.77. The molecule has 0 aromatic carbocycles. The van der Waals surface area contributed by atoms with Gasteiger partial charge in [-0.05, 0) is 52.0 Å². The number of anilines is 1. The number of aromatic nitrogens is 4. The molecule has 164 valence electrons. The van der Waals surface area contributed by atoms with Crippen LogP contribution in [0, 0.1) is 13.8 Å². The van der Waals surface area contributed by atoms with Crippen LogP contribution < -0.4 is 10.6 Å². The number of rotatable bonds is 6. The lowest BCUT2D eigenvalue weighted by Crippen LogP contribution is -2.33. The molecular weight excluding hydrogens is 408 g/mol. The van der Waals surface area contributed by atoms with E-state index >= 15 is 0 Å². The lowest BCUT2D eigenvalue weighted by molar-refractivity contribution is -0.115. The summed E-state index contributed by atoms with van der Waals surface area (Å²) in [6.07, 6.45) is 4.78. The highest BCUT2D eigenvalue weighted by Gasteiger charge is 2.20. The predicted molar refractivity (Wildman–Crippen MR) is 120 cm³/mol. The van der Waals surface area contributed by atoms with E-state index in [-0.39, 0.29) is 24.4 Å². The van der Waals surface area contributed by atoms with Crippen molar-refractivity contribution in [3.8, 4) is 11.3 Å². The van der Waals surface area contributed by atoms with Crippen molar-refractivity contribution in [1.82, 2.24) is 25.1 Å². The second kappa shape index (κ2) is 8.62. The van der Waals surface area contributed by atoms with Crippen molar-refractivity contribution in [1.29, 1.82) is 0 Å². The van der Waals surface area contributed by atoms with Crippen LogP contribution in [0.25, 0.3) is 22.3 Å². The molecule has 0 bridgehead atoms. The Balaban J connectivity index is 1.65. The molecule has 0 aliphatic rings. The summed E-state index contributed by atoms with van der Waals surface area (Å²) in [6.45, 7) is 7.53. The first-order valence-corrected chi connectivity index (χ1v) is 10.3. The third-order valence-electron chi connectivity index (χ3n) is 4.97. The Kier molecular flexibility index (Phi) is 5.72. The Morgan fingerprint density at radius 1 is 1.19 bits per heavy atom. The summed E-state index contributed by atoms with van der Waals surface area (Å²) < 4.78 is 7.43. The van der Waals surface area contributed by atoms with Crippen LogP contribution in [0.4, 0.5) is 5.69 Å². The molecule has 4 heterocycles. The molecule has 0 atom stereocenters. The van der Waals surface area contributed by atoms with Crippen molar-refractivity contribution in [2.75, 3.05) is 11.9 Å². The number of nitrogens with zero attached hydrogens (tertiary/aromatic N) is 4. The van der Waals surface area contributed by atoms with Crippen LogP contribution in [-0.4, -0.2) is 38.1 Å². The van der Waals surface area contributed by atoms with Crippen LogP contribution >= 0.6 is 0 Å². The van der Waals surface area contributed by atoms with E-state index in [9.17, 15) is 9.59 Å². The van der Waals surface area contributed by atoms with Crippen LogP contribution in [0.1, 0.15) is 41.8 Å². The van der Waals surface area contributed by atoms with Gasteiger partial charge in [-0.2, -0.15) is 5.10 Å². The maximum atomic E-state index is 13.1. The number of furan rings is 1. The topological polar surface area (TPSA) is 115 Å². The number of nitrogens with one attached hydrogen (secondary N) is 2. The Labute approximate surface area is 184 Å². The van der Waals surface area contributed by atoms with Crippen molar-refractivity contribution < 1.29 is 14.0 Å². The lowest BCUT2D eigenvalue weighted by Gasteiger charge is -2.11. The van der Waals surface area contributed by atoms with Gasteiger partial charge in [0.05, 0.1) is 41.3 Å². The number of hydrogen-bond donors (Lipinski definition) is 2. The van der Waals surface area contributed by atoms with Crippen molar-refractivity contribution in [2.45, 2.75) is 33.7 Å². The summed E-state index contributed by atoms with van der Waals surface area (Å²) in [7, 11) is 0.